The first-order chi connectivity index (χ1) is 9.65. The zero-order valence-corrected chi connectivity index (χ0v) is 12.6. The normalized spacial score (nSPS) is 12.1. The molecule has 0 aliphatic carbocycles. The molecule has 0 bridgehead atoms. The van der Waals surface area contributed by atoms with Gasteiger partial charge in [0.05, 0.1) is 5.01 Å². The summed E-state index contributed by atoms with van der Waals surface area (Å²) in [7, 11) is 0. The number of thiazole rings is 1. The number of rotatable bonds is 6. The highest BCUT2D eigenvalue weighted by atomic mass is 32.1. The Bertz CT molecular complexity index is 553. The predicted molar refractivity (Wildman–Crippen MR) is 80.8 cm³/mol. The summed E-state index contributed by atoms with van der Waals surface area (Å²) in [6, 6.07) is 3.88. The molecule has 2 heterocycles. The van der Waals surface area contributed by atoms with E-state index in [0.29, 0.717) is 13.0 Å². The second-order valence-electron chi connectivity index (χ2n) is 4.89. The van der Waals surface area contributed by atoms with Crippen molar-refractivity contribution < 1.29 is 4.79 Å². The van der Waals surface area contributed by atoms with Crippen LogP contribution in [0.25, 0.3) is 0 Å². The highest BCUT2D eigenvalue weighted by molar-refractivity contribution is 7.09. The first-order valence-electron chi connectivity index (χ1n) is 6.73. The molecule has 0 aliphatic heterocycles. The predicted octanol–water partition coefficient (Wildman–Crippen LogP) is 2.70. The summed E-state index contributed by atoms with van der Waals surface area (Å²) in [6.45, 7) is 4.71. The van der Waals surface area contributed by atoms with Crippen molar-refractivity contribution in [1.29, 1.82) is 0 Å². The van der Waals surface area contributed by atoms with Gasteiger partial charge >= 0.3 is 0 Å². The Morgan fingerprint density at radius 1 is 1.40 bits per heavy atom. The fourth-order valence-corrected chi connectivity index (χ4v) is 2.70. The highest BCUT2D eigenvalue weighted by Gasteiger charge is 2.11. The molecule has 2 aromatic heterocycles. The van der Waals surface area contributed by atoms with Gasteiger partial charge in [-0.05, 0) is 31.0 Å². The van der Waals surface area contributed by atoms with Crippen molar-refractivity contribution in [3.63, 3.8) is 0 Å². The van der Waals surface area contributed by atoms with Gasteiger partial charge in [0.2, 0.25) is 5.91 Å². The van der Waals surface area contributed by atoms with Crippen LogP contribution in [0.3, 0.4) is 0 Å². The van der Waals surface area contributed by atoms with Crippen LogP contribution < -0.4 is 5.32 Å². The molecule has 1 amide bonds. The number of carbonyl (C=O) groups is 1. The minimum atomic E-state index is 0.0851. The Morgan fingerprint density at radius 3 is 2.80 bits per heavy atom. The van der Waals surface area contributed by atoms with Gasteiger partial charge in [0.25, 0.3) is 0 Å². The number of hydrogen-bond donors (Lipinski definition) is 1. The number of aryl methyl sites for hydroxylation is 2. The third kappa shape index (κ3) is 4.42. The van der Waals surface area contributed by atoms with E-state index in [0.717, 1.165) is 22.7 Å². The van der Waals surface area contributed by atoms with E-state index in [1.807, 2.05) is 24.4 Å². The first-order valence-corrected chi connectivity index (χ1v) is 7.60. The fourth-order valence-electron chi connectivity index (χ4n) is 1.85. The third-order valence-corrected chi connectivity index (χ3v) is 4.25. The van der Waals surface area contributed by atoms with Gasteiger partial charge in [-0.3, -0.25) is 9.78 Å². The van der Waals surface area contributed by atoms with E-state index in [4.69, 9.17) is 0 Å². The van der Waals surface area contributed by atoms with Crippen LogP contribution in [0, 0.1) is 6.92 Å². The van der Waals surface area contributed by atoms with Crippen LogP contribution in [0.1, 0.15) is 35.5 Å². The maximum atomic E-state index is 11.8. The standard InChI is InChI=1S/C15H19N3OS/c1-11(15-18-12(2)10-20-15)9-17-14(19)4-3-13-5-7-16-8-6-13/h5-8,10-11H,3-4,9H2,1-2H3,(H,17,19)/t11-/m0/s1. The average Bonchev–Trinajstić information content (AvgIpc) is 2.90. The lowest BCUT2D eigenvalue weighted by Gasteiger charge is -2.10. The van der Waals surface area contributed by atoms with E-state index in [1.165, 1.54) is 0 Å². The average molecular weight is 289 g/mol. The largest absolute Gasteiger partial charge is 0.355 e. The molecule has 0 saturated carbocycles. The molecule has 1 atom stereocenters. The maximum absolute atomic E-state index is 11.8. The van der Waals surface area contributed by atoms with Gasteiger partial charge in [-0.2, -0.15) is 0 Å². The summed E-state index contributed by atoms with van der Waals surface area (Å²) in [5, 5.41) is 6.09. The zero-order chi connectivity index (χ0) is 14.4. The Morgan fingerprint density at radius 2 is 2.15 bits per heavy atom. The Kier molecular flexibility index (Phi) is 5.24. The number of amides is 1. The molecule has 0 radical (unpaired) electrons. The lowest BCUT2D eigenvalue weighted by molar-refractivity contribution is -0.121. The quantitative estimate of drug-likeness (QED) is 0.889. The number of pyridine rings is 1. The minimum absolute atomic E-state index is 0.0851. The molecule has 20 heavy (non-hydrogen) atoms. The van der Waals surface area contributed by atoms with Crippen LogP contribution in [0.4, 0.5) is 0 Å². The second-order valence-corrected chi connectivity index (χ2v) is 5.78. The Hall–Kier alpha value is -1.75. The van der Waals surface area contributed by atoms with Crippen molar-refractivity contribution in [2.75, 3.05) is 6.54 Å². The van der Waals surface area contributed by atoms with E-state index < -0.39 is 0 Å². The lowest BCUT2D eigenvalue weighted by atomic mass is 10.1. The number of aromatic nitrogens is 2. The van der Waals surface area contributed by atoms with Crippen molar-refractivity contribution in [3.8, 4) is 0 Å². The summed E-state index contributed by atoms with van der Waals surface area (Å²) < 4.78 is 0. The molecule has 2 rings (SSSR count). The molecule has 2 aromatic rings. The third-order valence-electron chi connectivity index (χ3n) is 3.05. The molecular formula is C15H19N3OS. The second kappa shape index (κ2) is 7.14. The van der Waals surface area contributed by atoms with Crippen LogP contribution in [0.2, 0.25) is 0 Å². The van der Waals surface area contributed by atoms with Crippen LogP contribution in [-0.4, -0.2) is 22.4 Å². The summed E-state index contributed by atoms with van der Waals surface area (Å²) in [6.07, 6.45) is 4.76. The molecule has 1 N–H and O–H groups in total. The van der Waals surface area contributed by atoms with E-state index in [-0.39, 0.29) is 11.8 Å². The molecule has 0 aromatic carbocycles. The van der Waals surface area contributed by atoms with E-state index >= 15 is 0 Å². The van der Waals surface area contributed by atoms with Crippen LogP contribution in [-0.2, 0) is 11.2 Å². The molecule has 0 unspecified atom stereocenters. The minimum Gasteiger partial charge on any atom is -0.355 e. The van der Waals surface area contributed by atoms with Gasteiger partial charge in [-0.1, -0.05) is 6.92 Å². The number of carbonyl (C=O) groups excluding carboxylic acids is 1. The van der Waals surface area contributed by atoms with Crippen molar-refractivity contribution in [1.82, 2.24) is 15.3 Å². The van der Waals surface area contributed by atoms with Gasteiger partial charge in [-0.25, -0.2) is 4.98 Å². The van der Waals surface area contributed by atoms with Gasteiger partial charge in [0, 0.05) is 42.4 Å². The maximum Gasteiger partial charge on any atom is 0.220 e. The van der Waals surface area contributed by atoms with Crippen LogP contribution >= 0.6 is 11.3 Å². The smallest absolute Gasteiger partial charge is 0.220 e. The van der Waals surface area contributed by atoms with Gasteiger partial charge in [0.1, 0.15) is 0 Å². The Labute approximate surface area is 123 Å². The number of nitrogens with one attached hydrogen (secondary N) is 1. The van der Waals surface area contributed by atoms with Crippen molar-refractivity contribution >= 4 is 17.2 Å². The zero-order valence-electron chi connectivity index (χ0n) is 11.8. The van der Waals surface area contributed by atoms with Gasteiger partial charge < -0.3 is 5.32 Å². The molecule has 0 fully saturated rings. The SMILES string of the molecule is Cc1csc([C@@H](C)CNC(=O)CCc2ccncc2)n1. The number of nitrogens with zero attached hydrogens (tertiary/aromatic N) is 2. The topological polar surface area (TPSA) is 54.9 Å². The molecule has 0 saturated heterocycles. The summed E-state index contributed by atoms with van der Waals surface area (Å²) in [4.78, 5) is 20.2. The molecule has 0 spiro atoms. The summed E-state index contributed by atoms with van der Waals surface area (Å²) >= 11 is 1.65. The van der Waals surface area contributed by atoms with Crippen molar-refractivity contribution in [2.24, 2.45) is 0 Å². The highest BCUT2D eigenvalue weighted by Crippen LogP contribution is 2.18. The van der Waals surface area contributed by atoms with E-state index in [9.17, 15) is 4.79 Å². The lowest BCUT2D eigenvalue weighted by Crippen LogP contribution is -2.27. The monoisotopic (exact) mass is 289 g/mol. The van der Waals surface area contributed by atoms with Crippen molar-refractivity contribution in [2.45, 2.75) is 32.6 Å². The Balaban J connectivity index is 1.72. The summed E-state index contributed by atoms with van der Waals surface area (Å²) in [5.74, 6) is 0.348. The van der Waals surface area contributed by atoms with Crippen molar-refractivity contribution in [3.05, 3.63) is 46.2 Å². The van der Waals surface area contributed by atoms with Crippen LogP contribution in [0.5, 0.6) is 0 Å². The summed E-state index contributed by atoms with van der Waals surface area (Å²) in [5.41, 5.74) is 2.18. The van der Waals surface area contributed by atoms with Crippen LogP contribution in [0.15, 0.2) is 29.9 Å². The molecular weight excluding hydrogens is 270 g/mol. The molecule has 106 valence electrons. The fraction of sp³-hybridized carbons (Fsp3) is 0.400. The van der Waals surface area contributed by atoms with E-state index in [1.54, 1.807) is 23.7 Å². The van der Waals surface area contributed by atoms with Gasteiger partial charge in [0.15, 0.2) is 0 Å². The number of hydrogen-bond acceptors (Lipinski definition) is 4. The van der Waals surface area contributed by atoms with E-state index in [2.05, 4.69) is 22.2 Å². The molecule has 4 nitrogen and oxygen atoms in total. The molecule has 5 heteroatoms. The molecule has 0 aliphatic rings. The van der Waals surface area contributed by atoms with Gasteiger partial charge in [-0.15, -0.1) is 11.3 Å². The first kappa shape index (κ1) is 14.7.